The first-order valence-corrected chi connectivity index (χ1v) is 53.3. The molecule has 0 aliphatic rings. The highest BCUT2D eigenvalue weighted by molar-refractivity contribution is 7.10. The molecule has 0 heterocycles. The van der Waals surface area contributed by atoms with Gasteiger partial charge >= 0.3 is 68.5 Å². The van der Waals surface area contributed by atoms with Gasteiger partial charge in [-0.1, -0.05) is 243 Å². The summed E-state index contributed by atoms with van der Waals surface area (Å²) in [6.45, 7) is 30.5. The van der Waals surface area contributed by atoms with Crippen molar-refractivity contribution in [2.45, 2.75) is 91.7 Å². The van der Waals surface area contributed by atoms with Crippen molar-refractivity contribution in [2.24, 2.45) is 0 Å². The summed E-state index contributed by atoms with van der Waals surface area (Å²) in [7, 11) is -33.2. The highest BCUT2D eigenvalue weighted by Crippen LogP contribution is 2.32. The van der Waals surface area contributed by atoms with Gasteiger partial charge in [0.1, 0.15) is 0 Å². The molecule has 8 rings (SSSR count). The van der Waals surface area contributed by atoms with Gasteiger partial charge < -0.3 is 37.0 Å². The van der Waals surface area contributed by atoms with Crippen molar-refractivity contribution in [3.05, 3.63) is 243 Å². The molecule has 0 saturated heterocycles. The molecule has 0 fully saturated rings. The lowest BCUT2D eigenvalue weighted by Crippen LogP contribution is -2.80. The van der Waals surface area contributed by atoms with Crippen molar-refractivity contribution < 1.29 is 37.0 Å². The molecule has 9 nitrogen and oxygen atoms in total. The fourth-order valence-corrected chi connectivity index (χ4v) is 60.0. The number of benzene rings is 8. The first-order chi connectivity index (χ1) is 38.2. The van der Waals surface area contributed by atoms with Crippen LogP contribution in [0.2, 0.25) is 91.7 Å². The smallest absolute Gasteiger partial charge is 0.389 e. The van der Waals surface area contributed by atoms with E-state index in [4.69, 9.17) is 37.0 Å². The van der Waals surface area contributed by atoms with Gasteiger partial charge in [0.2, 0.25) is 0 Å². The Morgan fingerprint density at radius 3 is 0.432 bits per heavy atom. The van der Waals surface area contributed by atoms with E-state index in [-0.39, 0.29) is 0 Å². The molecule has 8 aromatic carbocycles. The van der Waals surface area contributed by atoms with Crippen molar-refractivity contribution in [3.8, 4) is 0 Å². The average molecular weight is 1250 g/mol. The predicted octanol–water partition coefficient (Wildman–Crippen LogP) is 10.6. The summed E-state index contributed by atoms with van der Waals surface area (Å²) in [5.41, 5.74) is 0. The zero-order valence-corrected chi connectivity index (χ0v) is 59.8. The SMILES string of the molecule is C[Si](C)(C)O[Si](C)(C)O[Si](O[Si](O[Si](C)(C)O[Si](C)(C)O[Si](O[Si](O[Si](C)(C)O[Si](C)(C)C)(c1ccccc1)c1ccccc1)(c1ccccc1)c1ccccc1)(c1ccccc1)c1ccccc1)(c1ccccc1)c1ccccc1. The number of rotatable bonds is 26. The van der Waals surface area contributed by atoms with E-state index in [9.17, 15) is 0 Å². The molecule has 0 aromatic heterocycles. The first-order valence-electron chi connectivity index (χ1n) is 28.0. The fraction of sp³-hybridized carbons (Fsp3) is 0.226. The normalized spacial score (nSPS) is 13.5. The molecule has 0 aliphatic carbocycles. The quantitative estimate of drug-likeness (QED) is 0.0493. The van der Waals surface area contributed by atoms with Gasteiger partial charge in [0, 0.05) is 0 Å². The molecule has 0 atom stereocenters. The molecule has 8 aromatic rings. The minimum Gasteiger partial charge on any atom is -0.437 e. The van der Waals surface area contributed by atoms with Crippen LogP contribution in [0, 0.1) is 0 Å². The van der Waals surface area contributed by atoms with E-state index >= 15 is 0 Å². The molecular formula is C62H82O9Si10. The van der Waals surface area contributed by atoms with E-state index in [1.165, 1.54) is 0 Å². The average Bonchev–Trinajstić information content (AvgIpc) is 3.60. The third-order valence-corrected chi connectivity index (χ3v) is 51.5. The molecule has 0 unspecified atom stereocenters. The summed E-state index contributed by atoms with van der Waals surface area (Å²) in [4.78, 5) is 0. The molecular weight excluding hydrogens is 1170 g/mol. The summed E-state index contributed by atoms with van der Waals surface area (Å²) in [5.74, 6) is 0. The van der Waals surface area contributed by atoms with Gasteiger partial charge in [0.25, 0.3) is 0 Å². The van der Waals surface area contributed by atoms with Crippen molar-refractivity contribution >= 4 is 127 Å². The van der Waals surface area contributed by atoms with Crippen LogP contribution in [0.5, 0.6) is 0 Å². The monoisotopic (exact) mass is 1250 g/mol. The first kappa shape index (κ1) is 62.6. The standard InChI is InChI=1S/C62H82O9Si10/c1-72(2,3)63-74(7,8)66-78(55-39-23-15-24-40-55,56-41-25-16-26-42-56)70-80(59-47-31-19-32-48-59,60-49-33-20-34-50-60)68-76(11,12)65-77(13,14)69-81(61-51-35-21-36-52-61,62-53-37-22-38-54-62)71-79(57-43-27-17-28-44-57,58-45-29-18-30-46-58)67-75(9,10)64-73(4,5)6/h15-54H,1-14H3. The number of hydrogen-bond acceptors (Lipinski definition) is 9. The third-order valence-electron chi connectivity index (χ3n) is 13.0. The Labute approximate surface area is 494 Å². The van der Waals surface area contributed by atoms with Crippen LogP contribution in [0.3, 0.4) is 0 Å². The molecule has 0 aliphatic heterocycles. The van der Waals surface area contributed by atoms with Gasteiger partial charge in [0.15, 0.2) is 16.6 Å². The van der Waals surface area contributed by atoms with E-state index in [2.05, 4.69) is 286 Å². The minimum absolute atomic E-state index is 0.922. The zero-order valence-electron chi connectivity index (χ0n) is 49.8. The fourth-order valence-electron chi connectivity index (χ4n) is 10.9. The van der Waals surface area contributed by atoms with Gasteiger partial charge in [-0.3, -0.25) is 0 Å². The second-order valence-corrected chi connectivity index (χ2v) is 60.7. The highest BCUT2D eigenvalue weighted by Gasteiger charge is 2.62. The Balaban J connectivity index is 1.34. The number of hydrogen-bond donors (Lipinski definition) is 0. The van der Waals surface area contributed by atoms with Gasteiger partial charge in [-0.2, -0.15) is 0 Å². The van der Waals surface area contributed by atoms with Crippen molar-refractivity contribution in [1.29, 1.82) is 0 Å². The van der Waals surface area contributed by atoms with Crippen molar-refractivity contribution in [1.82, 2.24) is 0 Å². The van der Waals surface area contributed by atoms with Crippen LogP contribution in [0.4, 0.5) is 0 Å². The summed E-state index contributed by atoms with van der Waals surface area (Å²) >= 11 is 0. The van der Waals surface area contributed by atoms with Gasteiger partial charge in [0.05, 0.1) is 0 Å². The molecule has 0 bridgehead atoms. The summed E-state index contributed by atoms with van der Waals surface area (Å²) in [5, 5.41) is 7.50. The summed E-state index contributed by atoms with van der Waals surface area (Å²) in [6.07, 6.45) is 0. The lowest BCUT2D eigenvalue weighted by Gasteiger charge is -2.49. The maximum atomic E-state index is 8.46. The summed E-state index contributed by atoms with van der Waals surface area (Å²) in [6, 6.07) is 83.8. The van der Waals surface area contributed by atoms with Crippen LogP contribution in [-0.2, 0) is 37.0 Å². The second-order valence-electron chi connectivity index (χ2n) is 24.1. The van der Waals surface area contributed by atoms with Crippen LogP contribution >= 0.6 is 0 Å². The van der Waals surface area contributed by atoms with Gasteiger partial charge in [-0.05, 0) is 133 Å². The van der Waals surface area contributed by atoms with E-state index in [0.29, 0.717) is 0 Å². The molecule has 19 heteroatoms. The van der Waals surface area contributed by atoms with E-state index in [0.717, 1.165) is 41.5 Å². The Kier molecular flexibility index (Phi) is 19.6. The molecule has 0 spiro atoms. The van der Waals surface area contributed by atoms with E-state index < -0.39 is 85.1 Å². The lowest BCUT2D eigenvalue weighted by molar-refractivity contribution is 0.271. The minimum atomic E-state index is -4.02. The Hall–Kier alpha value is -4.43. The lowest BCUT2D eigenvalue weighted by atomic mass is 10.4. The molecule has 0 saturated carbocycles. The van der Waals surface area contributed by atoms with Crippen LogP contribution in [0.25, 0.3) is 0 Å². The maximum Gasteiger partial charge on any atom is 0.389 e. The maximum absolute atomic E-state index is 8.46. The topological polar surface area (TPSA) is 83.1 Å². The van der Waals surface area contributed by atoms with Crippen LogP contribution in [0.15, 0.2) is 243 Å². The highest BCUT2D eigenvalue weighted by atomic mass is 28.5. The molecule has 81 heavy (non-hydrogen) atoms. The third kappa shape index (κ3) is 15.7. The van der Waals surface area contributed by atoms with Crippen LogP contribution < -0.4 is 41.5 Å². The van der Waals surface area contributed by atoms with Crippen LogP contribution in [0.1, 0.15) is 0 Å². The molecule has 424 valence electrons. The Morgan fingerprint density at radius 1 is 0.160 bits per heavy atom. The molecule has 0 amide bonds. The van der Waals surface area contributed by atoms with E-state index in [1.54, 1.807) is 0 Å². The van der Waals surface area contributed by atoms with Gasteiger partial charge in [-0.25, -0.2) is 0 Å². The molecule has 0 radical (unpaired) electrons. The van der Waals surface area contributed by atoms with Crippen molar-refractivity contribution in [3.63, 3.8) is 0 Å². The van der Waals surface area contributed by atoms with Crippen LogP contribution in [-0.4, -0.2) is 85.1 Å². The largest absolute Gasteiger partial charge is 0.437 e. The van der Waals surface area contributed by atoms with E-state index in [1.807, 2.05) is 48.5 Å². The molecule has 0 N–H and O–H groups in total. The Morgan fingerprint density at radius 2 is 0.296 bits per heavy atom. The Bertz CT molecular complexity index is 2840. The zero-order chi connectivity index (χ0) is 58.3. The second kappa shape index (κ2) is 25.4. The van der Waals surface area contributed by atoms with Crippen molar-refractivity contribution in [2.75, 3.05) is 0 Å². The predicted molar refractivity (Wildman–Crippen MR) is 358 cm³/mol. The van der Waals surface area contributed by atoms with Gasteiger partial charge in [-0.15, -0.1) is 0 Å². The summed E-state index contributed by atoms with van der Waals surface area (Å²) < 4.78 is 71.2.